The van der Waals surface area contributed by atoms with Crippen LogP contribution < -0.4 is 0 Å². The average Bonchev–Trinajstić information content (AvgIpc) is 2.46. The highest BCUT2D eigenvalue weighted by molar-refractivity contribution is 14.1. The van der Waals surface area contributed by atoms with Crippen molar-refractivity contribution >= 4 is 22.6 Å². The molecule has 0 radical (unpaired) electrons. The highest BCUT2D eigenvalue weighted by Gasteiger charge is 2.39. The predicted octanol–water partition coefficient (Wildman–Crippen LogP) is 2.37. The molecule has 1 aliphatic rings. The second kappa shape index (κ2) is 5.55. The van der Waals surface area contributed by atoms with Crippen LogP contribution in [-0.2, 0) is 4.74 Å². The average molecular weight is 319 g/mol. The van der Waals surface area contributed by atoms with E-state index in [1.807, 2.05) is 18.7 Å². The van der Waals surface area contributed by atoms with E-state index in [1.165, 1.54) is 0 Å². The molecule has 0 spiro atoms. The molecule has 14 heavy (non-hydrogen) atoms. The van der Waals surface area contributed by atoms with Gasteiger partial charge in [0, 0.05) is 13.1 Å². The quantitative estimate of drug-likeness (QED) is 0.448. The van der Waals surface area contributed by atoms with Gasteiger partial charge in [-0.3, -0.25) is 4.90 Å². The van der Waals surface area contributed by atoms with Crippen LogP contribution >= 0.6 is 22.6 Å². The number of hydrogen-bond donors (Lipinski definition) is 0. The van der Waals surface area contributed by atoms with Gasteiger partial charge in [-0.1, -0.05) is 22.6 Å². The Morgan fingerprint density at radius 2 is 2.07 bits per heavy atom. The van der Waals surface area contributed by atoms with E-state index in [0.717, 1.165) is 4.55 Å². The zero-order valence-electron chi connectivity index (χ0n) is 8.42. The molecule has 1 saturated heterocycles. The largest absolute Gasteiger partial charge is 0.374 e. The highest BCUT2D eigenvalue weighted by Crippen LogP contribution is 2.27. The monoisotopic (exact) mass is 319 g/mol. The smallest absolute Gasteiger partial charge is 0.245 e. The summed E-state index contributed by atoms with van der Waals surface area (Å²) in [5.41, 5.74) is 0. The molecule has 0 N–H and O–H groups in total. The number of likely N-dealkylation sites (tertiary alicyclic amines) is 1. The van der Waals surface area contributed by atoms with Gasteiger partial charge in [-0.05, 0) is 13.8 Å². The minimum absolute atomic E-state index is 0.0235. The predicted molar refractivity (Wildman–Crippen MR) is 60.0 cm³/mol. The Bertz CT molecular complexity index is 180. The highest BCUT2D eigenvalue weighted by atomic mass is 127. The molecular weight excluding hydrogens is 303 g/mol. The molecule has 1 aliphatic heterocycles. The number of hydrogen-bond acceptors (Lipinski definition) is 2. The minimum Gasteiger partial charge on any atom is -0.374 e. The Hall–Kier alpha value is 0.510. The van der Waals surface area contributed by atoms with Crippen LogP contribution in [0.5, 0.6) is 0 Å². The van der Waals surface area contributed by atoms with Crippen LogP contribution in [0.3, 0.4) is 0 Å². The maximum Gasteiger partial charge on any atom is 0.245 e. The van der Waals surface area contributed by atoms with E-state index in [2.05, 4.69) is 22.6 Å². The van der Waals surface area contributed by atoms with Gasteiger partial charge in [0.15, 0.2) is 0 Å². The summed E-state index contributed by atoms with van der Waals surface area (Å²) >= 11 is 2.19. The molecule has 1 rings (SSSR count). The lowest BCUT2D eigenvalue weighted by molar-refractivity contribution is -0.0494. The summed E-state index contributed by atoms with van der Waals surface area (Å²) in [7, 11) is 0. The second-order valence-corrected chi connectivity index (χ2v) is 4.56. The molecule has 2 nitrogen and oxygen atoms in total. The molecule has 0 aliphatic carbocycles. The Morgan fingerprint density at radius 3 is 2.50 bits per heavy atom. The first-order valence-corrected chi connectivity index (χ1v) is 6.29. The zero-order chi connectivity index (χ0) is 10.7. The standard InChI is InChI=1S/C9H16F2INO/c1-6(2)14-8-4-13(5-12)3-7(8)9(10)11/h6-9H,3-5H2,1-2H3/t7-,8-/m0/s1. The Kier molecular flexibility index (Phi) is 4.99. The molecule has 0 bridgehead atoms. The molecule has 5 heteroatoms. The van der Waals surface area contributed by atoms with Gasteiger partial charge >= 0.3 is 0 Å². The van der Waals surface area contributed by atoms with Crippen LogP contribution in [-0.4, -0.2) is 41.2 Å². The number of halogens is 3. The van der Waals surface area contributed by atoms with Crippen molar-refractivity contribution in [1.82, 2.24) is 4.90 Å². The van der Waals surface area contributed by atoms with E-state index in [9.17, 15) is 8.78 Å². The van der Waals surface area contributed by atoms with Crippen molar-refractivity contribution in [3.8, 4) is 0 Å². The summed E-state index contributed by atoms with van der Waals surface area (Å²) < 4.78 is 31.6. The van der Waals surface area contributed by atoms with E-state index >= 15 is 0 Å². The summed E-state index contributed by atoms with van der Waals surface area (Å²) in [6.45, 7) is 4.86. The molecule has 0 unspecified atom stereocenters. The van der Waals surface area contributed by atoms with Crippen molar-refractivity contribution < 1.29 is 13.5 Å². The first kappa shape index (κ1) is 12.6. The third-order valence-corrected chi connectivity index (χ3v) is 3.29. The number of rotatable bonds is 4. The molecule has 1 heterocycles. The maximum atomic E-state index is 12.6. The van der Waals surface area contributed by atoms with E-state index in [1.54, 1.807) is 0 Å². The lowest BCUT2D eigenvalue weighted by Crippen LogP contribution is -2.30. The van der Waals surface area contributed by atoms with Crippen molar-refractivity contribution in [2.45, 2.75) is 32.5 Å². The Labute approximate surface area is 97.1 Å². The van der Waals surface area contributed by atoms with Gasteiger partial charge in [0.05, 0.1) is 22.7 Å². The first-order valence-electron chi connectivity index (χ1n) is 4.76. The third-order valence-electron chi connectivity index (χ3n) is 2.32. The molecule has 1 fully saturated rings. The summed E-state index contributed by atoms with van der Waals surface area (Å²) in [4.78, 5) is 2.00. The lowest BCUT2D eigenvalue weighted by Gasteiger charge is -2.20. The minimum atomic E-state index is -2.27. The lowest BCUT2D eigenvalue weighted by atomic mass is 10.1. The Morgan fingerprint density at radius 1 is 1.43 bits per heavy atom. The maximum absolute atomic E-state index is 12.6. The molecule has 0 saturated carbocycles. The van der Waals surface area contributed by atoms with E-state index in [4.69, 9.17) is 4.74 Å². The van der Waals surface area contributed by atoms with E-state index in [0.29, 0.717) is 13.1 Å². The number of alkyl halides is 3. The fraction of sp³-hybridized carbons (Fsp3) is 1.00. The van der Waals surface area contributed by atoms with Crippen molar-refractivity contribution in [2.24, 2.45) is 5.92 Å². The number of nitrogens with zero attached hydrogens (tertiary/aromatic N) is 1. The fourth-order valence-corrected chi connectivity index (χ4v) is 2.27. The van der Waals surface area contributed by atoms with Gasteiger partial charge in [-0.2, -0.15) is 0 Å². The van der Waals surface area contributed by atoms with Crippen LogP contribution in [0.2, 0.25) is 0 Å². The van der Waals surface area contributed by atoms with Crippen LogP contribution in [0.15, 0.2) is 0 Å². The Balaban J connectivity index is 2.53. The van der Waals surface area contributed by atoms with Crippen LogP contribution in [0.4, 0.5) is 8.78 Å². The van der Waals surface area contributed by atoms with Gasteiger partial charge in [-0.15, -0.1) is 0 Å². The molecule has 2 atom stereocenters. The van der Waals surface area contributed by atoms with Gasteiger partial charge in [-0.25, -0.2) is 8.78 Å². The first-order chi connectivity index (χ1) is 6.54. The summed E-state index contributed by atoms with van der Waals surface area (Å²) in [6, 6.07) is 0. The van der Waals surface area contributed by atoms with E-state index < -0.39 is 12.3 Å². The second-order valence-electron chi connectivity index (χ2n) is 3.88. The van der Waals surface area contributed by atoms with Gasteiger partial charge in [0.25, 0.3) is 0 Å². The van der Waals surface area contributed by atoms with Crippen molar-refractivity contribution in [2.75, 3.05) is 17.6 Å². The normalized spacial score (nSPS) is 29.4. The zero-order valence-corrected chi connectivity index (χ0v) is 10.6. The van der Waals surface area contributed by atoms with E-state index in [-0.39, 0.29) is 12.2 Å². The molecule has 84 valence electrons. The third kappa shape index (κ3) is 3.27. The fourth-order valence-electron chi connectivity index (χ4n) is 1.71. The summed E-state index contributed by atoms with van der Waals surface area (Å²) in [6.07, 6.45) is -2.55. The van der Waals surface area contributed by atoms with Gasteiger partial charge in [0.1, 0.15) is 0 Å². The molecule has 0 aromatic carbocycles. The topological polar surface area (TPSA) is 12.5 Å². The van der Waals surface area contributed by atoms with Crippen molar-refractivity contribution in [3.05, 3.63) is 0 Å². The van der Waals surface area contributed by atoms with Crippen LogP contribution in [0.1, 0.15) is 13.8 Å². The summed E-state index contributed by atoms with van der Waals surface area (Å²) in [5, 5.41) is 0. The molecule has 0 amide bonds. The molecule has 0 aromatic heterocycles. The van der Waals surface area contributed by atoms with Gasteiger partial charge in [0.2, 0.25) is 6.43 Å². The molecule has 0 aromatic rings. The summed E-state index contributed by atoms with van der Waals surface area (Å²) in [5.74, 6) is -0.618. The van der Waals surface area contributed by atoms with Crippen molar-refractivity contribution in [1.29, 1.82) is 0 Å². The molecular formula is C9H16F2INO. The number of ether oxygens (including phenoxy) is 1. The van der Waals surface area contributed by atoms with Crippen molar-refractivity contribution in [3.63, 3.8) is 0 Å². The van der Waals surface area contributed by atoms with Crippen LogP contribution in [0.25, 0.3) is 0 Å². The van der Waals surface area contributed by atoms with Gasteiger partial charge < -0.3 is 4.74 Å². The SMILES string of the molecule is CC(C)O[C@H]1CN(CI)C[C@@H]1C(F)F. The van der Waals surface area contributed by atoms with Crippen LogP contribution in [0, 0.1) is 5.92 Å².